The van der Waals surface area contributed by atoms with Gasteiger partial charge in [-0.05, 0) is 29.8 Å². The molecule has 19 nitrogen and oxygen atoms in total. The maximum atomic E-state index is 11.8. The van der Waals surface area contributed by atoms with Crippen LogP contribution >= 0.6 is 0 Å². The molecule has 19 heteroatoms. The van der Waals surface area contributed by atoms with Gasteiger partial charge >= 0.3 is 17.8 Å². The first-order valence-electron chi connectivity index (χ1n) is 12.5. The Morgan fingerprint density at radius 1 is 1.00 bits per heavy atom. The lowest BCUT2D eigenvalue weighted by molar-refractivity contribution is -0.433. The Labute approximate surface area is 238 Å². The lowest BCUT2D eigenvalue weighted by Gasteiger charge is -2.14. The van der Waals surface area contributed by atoms with E-state index in [1.165, 1.54) is 4.57 Å². The Bertz CT molecular complexity index is 1230. The standard InChI is InChI=1S/C23H31N7O12/c1-14-3-4-17(29(35)36)16(14)5-7-41-21(33)12-39-10-18(31)26-23(24)27-19(32)11-40-13-22(34)42-8-6-28-15(2)25-9-20(28)30(37)38/h4,9,14,16H,3,5-8,10-13H2,1-2H3,(H3,24,26,27,31,32). The van der Waals surface area contributed by atoms with Crippen molar-refractivity contribution in [2.45, 2.75) is 33.2 Å². The Morgan fingerprint density at radius 3 is 2.12 bits per heavy atom. The molecule has 0 bridgehead atoms. The normalized spacial score (nSPS) is 15.8. The van der Waals surface area contributed by atoms with E-state index in [0.29, 0.717) is 12.2 Å². The van der Waals surface area contributed by atoms with Gasteiger partial charge in [0.25, 0.3) is 11.8 Å². The summed E-state index contributed by atoms with van der Waals surface area (Å²) in [6, 6.07) is 0. The smallest absolute Gasteiger partial charge is 0.342 e. The first-order valence-corrected chi connectivity index (χ1v) is 12.5. The lowest BCUT2D eigenvalue weighted by atomic mass is 9.93. The number of guanidine groups is 1. The molecule has 0 spiro atoms. The average molecular weight is 598 g/mol. The van der Waals surface area contributed by atoms with E-state index in [9.17, 15) is 39.4 Å². The summed E-state index contributed by atoms with van der Waals surface area (Å²) in [4.78, 5) is 71.9. The Kier molecular flexibility index (Phi) is 13.1. The van der Waals surface area contributed by atoms with E-state index < -0.39 is 66.0 Å². The highest BCUT2D eigenvalue weighted by molar-refractivity contribution is 6.03. The fourth-order valence-electron chi connectivity index (χ4n) is 3.90. The molecule has 1 aliphatic carbocycles. The molecule has 0 aromatic carbocycles. The van der Waals surface area contributed by atoms with Crippen LogP contribution in [-0.4, -0.2) is 88.8 Å². The Morgan fingerprint density at radius 2 is 1.57 bits per heavy atom. The van der Waals surface area contributed by atoms with E-state index in [1.807, 2.05) is 17.6 Å². The van der Waals surface area contributed by atoms with Crippen molar-refractivity contribution >= 4 is 35.5 Å². The molecular formula is C23H31N7O12. The molecule has 1 aromatic heterocycles. The molecule has 2 amide bonds. The monoisotopic (exact) mass is 597 g/mol. The van der Waals surface area contributed by atoms with Crippen molar-refractivity contribution in [1.82, 2.24) is 20.2 Å². The minimum absolute atomic E-state index is 0.0134. The third kappa shape index (κ3) is 11.0. The molecule has 42 heavy (non-hydrogen) atoms. The van der Waals surface area contributed by atoms with E-state index in [1.54, 1.807) is 13.0 Å². The molecule has 1 heterocycles. The largest absolute Gasteiger partial charge is 0.464 e. The molecule has 0 saturated carbocycles. The zero-order valence-corrected chi connectivity index (χ0v) is 22.9. The number of carbonyl (C=O) groups is 4. The van der Waals surface area contributed by atoms with Gasteiger partial charge in [-0.15, -0.1) is 0 Å². The Hall–Kier alpha value is -4.78. The maximum absolute atomic E-state index is 11.8. The van der Waals surface area contributed by atoms with Gasteiger partial charge in [-0.2, -0.15) is 0 Å². The van der Waals surface area contributed by atoms with Gasteiger partial charge in [0.05, 0.1) is 17.4 Å². The minimum Gasteiger partial charge on any atom is -0.464 e. The fraction of sp³-hybridized carbons (Fsp3) is 0.565. The number of esters is 2. The van der Waals surface area contributed by atoms with Crippen LogP contribution in [0.3, 0.4) is 0 Å². The first kappa shape index (κ1) is 33.4. The number of hydrogen-bond donors (Lipinski definition) is 3. The van der Waals surface area contributed by atoms with E-state index in [4.69, 9.17) is 24.4 Å². The molecule has 0 radical (unpaired) electrons. The molecule has 2 unspecified atom stereocenters. The highest BCUT2D eigenvalue weighted by atomic mass is 16.6. The maximum Gasteiger partial charge on any atom is 0.342 e. The third-order valence-electron chi connectivity index (χ3n) is 5.90. The highest BCUT2D eigenvalue weighted by Crippen LogP contribution is 2.34. The van der Waals surface area contributed by atoms with Crippen molar-refractivity contribution in [2.24, 2.45) is 11.8 Å². The van der Waals surface area contributed by atoms with Crippen LogP contribution in [0.4, 0.5) is 5.82 Å². The summed E-state index contributed by atoms with van der Waals surface area (Å²) in [6.45, 7) is 0.677. The number of ether oxygens (including phenoxy) is 4. The second kappa shape index (κ2) is 16.5. The van der Waals surface area contributed by atoms with Gasteiger partial charge in [-0.3, -0.25) is 35.7 Å². The fourth-order valence-corrected chi connectivity index (χ4v) is 3.90. The van der Waals surface area contributed by atoms with E-state index in [0.717, 1.165) is 6.20 Å². The first-order chi connectivity index (χ1) is 19.9. The van der Waals surface area contributed by atoms with E-state index in [2.05, 4.69) is 4.98 Å². The van der Waals surface area contributed by atoms with Crippen LogP contribution in [0.5, 0.6) is 0 Å². The molecule has 0 fully saturated rings. The number of carbonyl (C=O) groups excluding carboxylic acids is 4. The van der Waals surface area contributed by atoms with Gasteiger partial charge in [0.15, 0.2) is 5.82 Å². The summed E-state index contributed by atoms with van der Waals surface area (Å²) in [7, 11) is 0. The topological polar surface area (TPSA) is 257 Å². The van der Waals surface area contributed by atoms with Gasteiger partial charge in [0, 0.05) is 6.92 Å². The van der Waals surface area contributed by atoms with Crippen LogP contribution in [0.2, 0.25) is 0 Å². The van der Waals surface area contributed by atoms with E-state index >= 15 is 0 Å². The van der Waals surface area contributed by atoms with Gasteiger partial charge < -0.3 is 29.1 Å². The minimum atomic E-state index is -0.867. The summed E-state index contributed by atoms with van der Waals surface area (Å²) in [5, 5.41) is 33.6. The van der Waals surface area contributed by atoms with Crippen molar-refractivity contribution in [3.8, 4) is 0 Å². The number of imidazole rings is 1. The number of nitro groups is 2. The summed E-state index contributed by atoms with van der Waals surface area (Å²) >= 11 is 0. The van der Waals surface area contributed by atoms with Crippen molar-refractivity contribution in [2.75, 3.05) is 39.6 Å². The number of hydrogen-bond acceptors (Lipinski definition) is 14. The number of nitrogens with one attached hydrogen (secondary N) is 3. The van der Waals surface area contributed by atoms with Gasteiger partial charge in [-0.25, -0.2) is 19.1 Å². The average Bonchev–Trinajstić information content (AvgIpc) is 3.46. The van der Waals surface area contributed by atoms with Crippen LogP contribution < -0.4 is 10.6 Å². The predicted octanol–water partition coefficient (Wildman–Crippen LogP) is -0.407. The molecule has 1 aromatic rings. The van der Waals surface area contributed by atoms with Crippen LogP contribution in [0.15, 0.2) is 18.0 Å². The molecular weight excluding hydrogens is 566 g/mol. The van der Waals surface area contributed by atoms with E-state index in [-0.39, 0.29) is 49.5 Å². The van der Waals surface area contributed by atoms with Crippen molar-refractivity contribution < 1.29 is 48.0 Å². The molecule has 3 N–H and O–H groups in total. The van der Waals surface area contributed by atoms with Gasteiger partial charge in [-0.1, -0.05) is 6.92 Å². The molecule has 2 rings (SSSR count). The summed E-state index contributed by atoms with van der Waals surface area (Å²) in [6.07, 6.45) is 3.50. The number of rotatable bonds is 16. The van der Waals surface area contributed by atoms with Crippen molar-refractivity contribution in [3.05, 3.63) is 44.0 Å². The molecule has 0 saturated heterocycles. The van der Waals surface area contributed by atoms with Crippen molar-refractivity contribution in [3.63, 3.8) is 0 Å². The highest BCUT2D eigenvalue weighted by Gasteiger charge is 2.34. The summed E-state index contributed by atoms with van der Waals surface area (Å²) in [5.74, 6) is -4.20. The van der Waals surface area contributed by atoms with Gasteiger partial charge in [0.1, 0.15) is 45.8 Å². The number of amides is 2. The number of nitrogens with zero attached hydrogens (tertiary/aromatic N) is 4. The second-order valence-electron chi connectivity index (χ2n) is 8.96. The van der Waals surface area contributed by atoms with Crippen molar-refractivity contribution in [1.29, 1.82) is 5.41 Å². The van der Waals surface area contributed by atoms with Gasteiger partial charge in [0.2, 0.25) is 11.7 Å². The molecule has 230 valence electrons. The number of aryl methyl sites for hydroxylation is 1. The molecule has 0 aliphatic heterocycles. The van der Waals surface area contributed by atoms with Crippen LogP contribution in [0, 0.1) is 44.4 Å². The third-order valence-corrected chi connectivity index (χ3v) is 5.90. The predicted molar refractivity (Wildman–Crippen MR) is 138 cm³/mol. The summed E-state index contributed by atoms with van der Waals surface area (Å²) in [5.41, 5.74) is 0.110. The lowest BCUT2D eigenvalue weighted by Crippen LogP contribution is -2.45. The molecule has 1 aliphatic rings. The SMILES string of the molecule is Cc1ncc([N+](=O)[O-])n1CCOC(=O)COCC(=O)NC(=N)NC(=O)COCC(=O)OCCC1C([N+](=O)[O-])=CCC1C. The second-order valence-corrected chi connectivity index (χ2v) is 8.96. The zero-order chi connectivity index (χ0) is 31.2. The number of allylic oxidation sites excluding steroid dienone is 2. The van der Waals surface area contributed by atoms with Crippen LogP contribution in [0.25, 0.3) is 0 Å². The summed E-state index contributed by atoms with van der Waals surface area (Å²) < 4.78 is 20.9. The quantitative estimate of drug-likeness (QED) is 0.0721. The van der Waals surface area contributed by atoms with Crippen LogP contribution in [0.1, 0.15) is 25.6 Å². The van der Waals surface area contributed by atoms with Crippen LogP contribution in [-0.2, 0) is 44.7 Å². The Balaban J connectivity index is 1.53. The number of aromatic nitrogens is 2. The zero-order valence-electron chi connectivity index (χ0n) is 22.9. The molecule has 2 atom stereocenters.